The fourth-order valence-corrected chi connectivity index (χ4v) is 3.15. The average Bonchev–Trinajstić information content (AvgIpc) is 2.81. The summed E-state index contributed by atoms with van der Waals surface area (Å²) in [5, 5.41) is 9.09. The third-order valence-electron chi connectivity index (χ3n) is 2.86. The van der Waals surface area contributed by atoms with Crippen LogP contribution in [0.4, 0.5) is 5.69 Å². The van der Waals surface area contributed by atoms with Crippen LogP contribution in [0, 0.1) is 0 Å². The summed E-state index contributed by atoms with van der Waals surface area (Å²) >= 11 is 1.91. The van der Waals surface area contributed by atoms with E-state index < -0.39 is 5.97 Å². The Morgan fingerprint density at radius 2 is 2.50 bits per heavy atom. The molecule has 2 heterocycles. The summed E-state index contributed by atoms with van der Waals surface area (Å²) < 4.78 is 0. The van der Waals surface area contributed by atoms with Crippen LogP contribution in [-0.4, -0.2) is 40.7 Å². The van der Waals surface area contributed by atoms with Gasteiger partial charge >= 0.3 is 5.97 Å². The highest BCUT2D eigenvalue weighted by Gasteiger charge is 2.23. The van der Waals surface area contributed by atoms with Crippen molar-refractivity contribution in [2.24, 2.45) is 0 Å². The number of aromatic carboxylic acids is 1. The fraction of sp³-hybridized carbons (Fsp3) is 0.455. The third kappa shape index (κ3) is 2.14. The topological polar surface area (TPSA) is 53.4 Å². The fourth-order valence-electron chi connectivity index (χ4n) is 1.88. The highest BCUT2D eigenvalue weighted by molar-refractivity contribution is 7.99. The van der Waals surface area contributed by atoms with Crippen LogP contribution in [0.3, 0.4) is 0 Å². The Kier molecular flexibility index (Phi) is 3.33. The Bertz CT molecular complexity index is 391. The monoisotopic (exact) mass is 238 g/mol. The lowest BCUT2D eigenvalue weighted by Crippen LogP contribution is -2.32. The van der Waals surface area contributed by atoms with Crippen LogP contribution in [0.25, 0.3) is 0 Å². The number of aromatic nitrogens is 1. The second kappa shape index (κ2) is 4.74. The predicted octanol–water partition coefficient (Wildman–Crippen LogP) is 1.72. The molecule has 1 aliphatic heterocycles. The molecule has 1 N–H and O–H groups in total. The largest absolute Gasteiger partial charge is 0.478 e. The van der Waals surface area contributed by atoms with Gasteiger partial charge in [-0.3, -0.25) is 4.98 Å². The summed E-state index contributed by atoms with van der Waals surface area (Å²) in [6, 6.07) is 2.21. The lowest BCUT2D eigenvalue weighted by atomic mass is 10.1. The van der Waals surface area contributed by atoms with Gasteiger partial charge in [0.2, 0.25) is 0 Å². The van der Waals surface area contributed by atoms with Crippen LogP contribution >= 0.6 is 11.8 Å². The Hall–Kier alpha value is -1.23. The molecule has 5 heteroatoms. The van der Waals surface area contributed by atoms with E-state index in [4.69, 9.17) is 5.11 Å². The molecule has 0 bridgehead atoms. The molecule has 1 unspecified atom stereocenters. The number of pyridine rings is 1. The summed E-state index contributed by atoms with van der Waals surface area (Å²) in [5.74, 6) is 1.31. The molecule has 0 radical (unpaired) electrons. The van der Waals surface area contributed by atoms with E-state index in [9.17, 15) is 4.79 Å². The van der Waals surface area contributed by atoms with E-state index in [0.717, 1.165) is 23.6 Å². The zero-order chi connectivity index (χ0) is 11.5. The Labute approximate surface area is 98.7 Å². The SMILES string of the molecule is CN(c1ccncc1C(=O)O)C1CCSC1. The number of carboxylic acids is 1. The standard InChI is InChI=1S/C11H14N2O2S/c1-13(8-3-5-16-7-8)10-2-4-12-6-9(10)11(14)15/h2,4,6,8H,3,5,7H2,1H3,(H,14,15). The third-order valence-corrected chi connectivity index (χ3v) is 4.01. The maximum Gasteiger partial charge on any atom is 0.339 e. The molecule has 1 fully saturated rings. The first kappa shape index (κ1) is 11.3. The number of nitrogens with zero attached hydrogens (tertiary/aromatic N) is 2. The van der Waals surface area contributed by atoms with Crippen molar-refractivity contribution >= 4 is 23.4 Å². The smallest absolute Gasteiger partial charge is 0.339 e. The summed E-state index contributed by atoms with van der Waals surface area (Å²) in [4.78, 5) is 17.0. The van der Waals surface area contributed by atoms with Crippen molar-refractivity contribution in [1.82, 2.24) is 4.98 Å². The molecule has 4 nitrogen and oxygen atoms in total. The van der Waals surface area contributed by atoms with Gasteiger partial charge in [-0.05, 0) is 18.2 Å². The van der Waals surface area contributed by atoms with Crippen LogP contribution in [0.15, 0.2) is 18.5 Å². The summed E-state index contributed by atoms with van der Waals surface area (Å²) in [6.45, 7) is 0. The van der Waals surface area contributed by atoms with Gasteiger partial charge in [-0.1, -0.05) is 0 Å². The molecule has 0 aliphatic carbocycles. The van der Waals surface area contributed by atoms with Gasteiger partial charge in [-0.25, -0.2) is 4.79 Å². The normalized spacial score (nSPS) is 19.7. The van der Waals surface area contributed by atoms with Gasteiger partial charge in [0.1, 0.15) is 5.56 Å². The Morgan fingerprint density at radius 1 is 1.69 bits per heavy atom. The molecule has 1 aromatic rings. The van der Waals surface area contributed by atoms with Crippen molar-refractivity contribution in [1.29, 1.82) is 0 Å². The number of hydrogen-bond acceptors (Lipinski definition) is 4. The maximum absolute atomic E-state index is 11.1. The molecule has 2 rings (SSSR count). The molecular weight excluding hydrogens is 224 g/mol. The minimum atomic E-state index is -0.916. The van der Waals surface area contributed by atoms with E-state index in [1.165, 1.54) is 6.20 Å². The Morgan fingerprint density at radius 3 is 3.12 bits per heavy atom. The molecule has 1 atom stereocenters. The van der Waals surface area contributed by atoms with Gasteiger partial charge in [-0.2, -0.15) is 11.8 Å². The number of thioether (sulfide) groups is 1. The molecule has 0 aromatic carbocycles. The first-order valence-corrected chi connectivity index (χ1v) is 6.33. The van der Waals surface area contributed by atoms with Gasteiger partial charge < -0.3 is 10.0 Å². The van der Waals surface area contributed by atoms with Gasteiger partial charge in [0.25, 0.3) is 0 Å². The molecule has 0 amide bonds. The molecule has 16 heavy (non-hydrogen) atoms. The van der Waals surface area contributed by atoms with E-state index in [2.05, 4.69) is 9.88 Å². The van der Waals surface area contributed by atoms with Crippen molar-refractivity contribution in [3.05, 3.63) is 24.0 Å². The highest BCUT2D eigenvalue weighted by Crippen LogP contribution is 2.27. The molecule has 0 spiro atoms. The molecule has 1 aliphatic rings. The number of carboxylic acid groups (broad SMARTS) is 1. The van der Waals surface area contributed by atoms with Gasteiger partial charge in [0.05, 0.1) is 5.69 Å². The van der Waals surface area contributed by atoms with Crippen molar-refractivity contribution in [3.63, 3.8) is 0 Å². The minimum absolute atomic E-state index is 0.280. The minimum Gasteiger partial charge on any atom is -0.478 e. The van der Waals surface area contributed by atoms with E-state index in [1.54, 1.807) is 12.3 Å². The van der Waals surface area contributed by atoms with Crippen molar-refractivity contribution in [3.8, 4) is 0 Å². The number of rotatable bonds is 3. The summed E-state index contributed by atoms with van der Waals surface area (Å²) in [5.41, 5.74) is 1.04. The lowest BCUT2D eigenvalue weighted by Gasteiger charge is -2.26. The second-order valence-corrected chi connectivity index (χ2v) is 4.98. The Balaban J connectivity index is 2.27. The van der Waals surface area contributed by atoms with Crippen LogP contribution in [0.5, 0.6) is 0 Å². The predicted molar refractivity (Wildman–Crippen MR) is 65.3 cm³/mol. The first-order chi connectivity index (χ1) is 7.70. The molecule has 1 aromatic heterocycles. The van der Waals surface area contributed by atoms with E-state index in [-0.39, 0.29) is 5.56 Å². The summed E-state index contributed by atoms with van der Waals surface area (Å²) in [6.07, 6.45) is 4.17. The molecule has 1 saturated heterocycles. The van der Waals surface area contributed by atoms with Gasteiger partial charge in [0.15, 0.2) is 0 Å². The highest BCUT2D eigenvalue weighted by atomic mass is 32.2. The maximum atomic E-state index is 11.1. The van der Waals surface area contributed by atoms with Gasteiger partial charge in [0, 0.05) is 31.2 Å². The van der Waals surface area contributed by atoms with Crippen LogP contribution in [0.2, 0.25) is 0 Å². The van der Waals surface area contributed by atoms with Crippen LogP contribution in [0.1, 0.15) is 16.8 Å². The number of carbonyl (C=O) groups is 1. The summed E-state index contributed by atoms with van der Waals surface area (Å²) in [7, 11) is 1.96. The number of hydrogen-bond donors (Lipinski definition) is 1. The first-order valence-electron chi connectivity index (χ1n) is 5.18. The van der Waals surface area contributed by atoms with E-state index >= 15 is 0 Å². The van der Waals surface area contributed by atoms with Crippen molar-refractivity contribution in [2.75, 3.05) is 23.5 Å². The zero-order valence-electron chi connectivity index (χ0n) is 9.09. The van der Waals surface area contributed by atoms with Crippen LogP contribution in [-0.2, 0) is 0 Å². The second-order valence-electron chi connectivity index (χ2n) is 3.83. The quantitative estimate of drug-likeness (QED) is 0.869. The van der Waals surface area contributed by atoms with Crippen molar-refractivity contribution in [2.45, 2.75) is 12.5 Å². The van der Waals surface area contributed by atoms with Crippen LogP contribution < -0.4 is 4.90 Å². The molecular formula is C11H14N2O2S. The molecule has 0 saturated carbocycles. The zero-order valence-corrected chi connectivity index (χ0v) is 9.91. The molecule has 86 valence electrons. The number of anilines is 1. The van der Waals surface area contributed by atoms with Gasteiger partial charge in [-0.15, -0.1) is 0 Å². The van der Waals surface area contributed by atoms with E-state index in [0.29, 0.717) is 6.04 Å². The average molecular weight is 238 g/mol. The van der Waals surface area contributed by atoms with Crippen molar-refractivity contribution < 1.29 is 9.90 Å². The lowest BCUT2D eigenvalue weighted by molar-refractivity contribution is 0.0697. The van der Waals surface area contributed by atoms with E-state index in [1.807, 2.05) is 18.8 Å².